The Balaban J connectivity index is 1.90. The van der Waals surface area contributed by atoms with Gasteiger partial charge in [0.05, 0.1) is 0 Å². The van der Waals surface area contributed by atoms with Crippen LogP contribution in [-0.4, -0.2) is 44.4 Å². The summed E-state index contributed by atoms with van der Waals surface area (Å²) in [6.45, 7) is 2.07. The van der Waals surface area contributed by atoms with Crippen LogP contribution in [0.1, 0.15) is 0 Å². The lowest BCUT2D eigenvalue weighted by atomic mass is 10.4. The van der Waals surface area contributed by atoms with Gasteiger partial charge in [-0.15, -0.1) is 0 Å². The molecule has 0 aliphatic rings. The molecule has 0 atom stereocenters. The Kier molecular flexibility index (Phi) is 5.00. The van der Waals surface area contributed by atoms with Gasteiger partial charge in [0.15, 0.2) is 11.5 Å². The van der Waals surface area contributed by atoms with Crippen LogP contribution in [0.5, 0.6) is 11.5 Å². The van der Waals surface area contributed by atoms with Gasteiger partial charge in [0.25, 0.3) is 11.1 Å². The van der Waals surface area contributed by atoms with Gasteiger partial charge in [-0.3, -0.25) is 9.59 Å². The van der Waals surface area contributed by atoms with E-state index >= 15 is 0 Å². The molecule has 0 amide bonds. The minimum Gasteiger partial charge on any atom is -0.503 e. The average Bonchev–Trinajstić information content (AvgIpc) is 2.50. The Morgan fingerprint density at radius 3 is 1.73 bits per heavy atom. The lowest BCUT2D eigenvalue weighted by Gasteiger charge is -2.18. The third-order valence-electron chi connectivity index (χ3n) is 3.45. The van der Waals surface area contributed by atoms with E-state index in [4.69, 9.17) is 0 Å². The molecule has 0 spiro atoms. The van der Waals surface area contributed by atoms with Crippen molar-refractivity contribution in [3.63, 3.8) is 0 Å². The maximum atomic E-state index is 11.7. The fraction of sp³-hybridized carbons (Fsp3) is 0.333. The molecule has 0 aliphatic carbocycles. The predicted molar refractivity (Wildman–Crippen MR) is 82.2 cm³/mol. The number of aromatic nitrogens is 2. The van der Waals surface area contributed by atoms with Crippen LogP contribution in [0.25, 0.3) is 0 Å². The quantitative estimate of drug-likeness (QED) is 0.787. The number of likely N-dealkylation sites (N-methyl/N-ethyl adjacent to an activating group) is 1. The highest BCUT2D eigenvalue weighted by atomic mass is 16.3. The normalized spacial score (nSPS) is 11.0. The molecule has 2 N–H and O–H groups in total. The molecule has 2 rings (SSSR count). The number of hydrogen-bond acceptors (Lipinski definition) is 5. The molecule has 2 aromatic heterocycles. The van der Waals surface area contributed by atoms with Crippen molar-refractivity contribution >= 4 is 0 Å². The maximum absolute atomic E-state index is 11.7. The summed E-state index contributed by atoms with van der Waals surface area (Å²) in [5, 5.41) is 18.7. The Bertz CT molecular complexity index is 687. The first-order chi connectivity index (χ1) is 10.5. The topological polar surface area (TPSA) is 87.7 Å². The molecule has 0 saturated heterocycles. The smallest absolute Gasteiger partial charge is 0.292 e. The highest BCUT2D eigenvalue weighted by Gasteiger charge is 2.05. The maximum Gasteiger partial charge on any atom is 0.292 e. The zero-order valence-electron chi connectivity index (χ0n) is 12.3. The molecular weight excluding hydrogens is 286 g/mol. The lowest BCUT2D eigenvalue weighted by Crippen LogP contribution is -2.32. The molecule has 0 unspecified atom stereocenters. The van der Waals surface area contributed by atoms with Gasteiger partial charge in [0, 0.05) is 38.6 Å². The summed E-state index contributed by atoms with van der Waals surface area (Å²) in [6.07, 6.45) is 3.24. The van der Waals surface area contributed by atoms with E-state index in [-0.39, 0.29) is 11.5 Å². The van der Waals surface area contributed by atoms with E-state index < -0.39 is 11.1 Å². The average molecular weight is 305 g/mol. The summed E-state index contributed by atoms with van der Waals surface area (Å²) in [6, 6.07) is 5.94. The van der Waals surface area contributed by atoms with Crippen molar-refractivity contribution in [1.82, 2.24) is 14.0 Å². The fourth-order valence-corrected chi connectivity index (χ4v) is 2.07. The molecule has 0 bridgehead atoms. The van der Waals surface area contributed by atoms with Gasteiger partial charge >= 0.3 is 0 Å². The number of pyridine rings is 2. The van der Waals surface area contributed by atoms with E-state index in [0.29, 0.717) is 26.2 Å². The minimum absolute atomic E-state index is 0.267. The summed E-state index contributed by atoms with van der Waals surface area (Å²) in [5.41, 5.74) is -0.833. The summed E-state index contributed by atoms with van der Waals surface area (Å²) in [7, 11) is 1.88. The second kappa shape index (κ2) is 6.95. The van der Waals surface area contributed by atoms with Crippen molar-refractivity contribution in [2.24, 2.45) is 0 Å². The third kappa shape index (κ3) is 3.76. The van der Waals surface area contributed by atoms with E-state index in [1.807, 2.05) is 11.9 Å². The van der Waals surface area contributed by atoms with Crippen molar-refractivity contribution < 1.29 is 10.2 Å². The Hall–Kier alpha value is -2.54. The molecule has 118 valence electrons. The van der Waals surface area contributed by atoms with E-state index in [0.717, 1.165) is 0 Å². The third-order valence-corrected chi connectivity index (χ3v) is 3.45. The van der Waals surface area contributed by atoms with Crippen LogP contribution in [0.4, 0.5) is 0 Å². The van der Waals surface area contributed by atoms with Crippen LogP contribution >= 0.6 is 0 Å². The molecule has 0 radical (unpaired) electrons. The molecule has 7 heteroatoms. The predicted octanol–water partition coefficient (Wildman–Crippen LogP) is 0.0532. The van der Waals surface area contributed by atoms with Crippen molar-refractivity contribution in [2.45, 2.75) is 13.1 Å². The Morgan fingerprint density at radius 1 is 0.909 bits per heavy atom. The molecule has 0 aliphatic heterocycles. The van der Waals surface area contributed by atoms with Crippen LogP contribution < -0.4 is 11.1 Å². The molecular formula is C15H19N3O4. The summed E-state index contributed by atoms with van der Waals surface area (Å²) in [4.78, 5) is 25.3. The molecule has 7 nitrogen and oxygen atoms in total. The van der Waals surface area contributed by atoms with Gasteiger partial charge in [0.1, 0.15) is 0 Å². The highest BCUT2D eigenvalue weighted by molar-refractivity contribution is 5.15. The number of nitrogens with zero attached hydrogens (tertiary/aromatic N) is 3. The van der Waals surface area contributed by atoms with E-state index in [2.05, 4.69) is 0 Å². The Labute approximate surface area is 127 Å². The standard InChI is InChI=1S/C15H19N3O4/c1-16(8-10-17-6-2-4-12(19)14(17)21)9-11-18-7-3-5-13(20)15(18)22/h2-7,19-20H,8-11H2,1H3. The molecule has 0 saturated carbocycles. The SMILES string of the molecule is CN(CCn1cccc(O)c1=O)CCn1cccc(O)c1=O. The Morgan fingerprint density at radius 2 is 1.32 bits per heavy atom. The summed E-state index contributed by atoms with van der Waals surface area (Å²) < 4.78 is 2.87. The van der Waals surface area contributed by atoms with Gasteiger partial charge in [0.2, 0.25) is 0 Å². The van der Waals surface area contributed by atoms with Crippen LogP contribution in [-0.2, 0) is 13.1 Å². The second-order valence-electron chi connectivity index (χ2n) is 5.09. The van der Waals surface area contributed by atoms with Crippen LogP contribution in [0, 0.1) is 0 Å². The van der Waals surface area contributed by atoms with Gasteiger partial charge in [-0.25, -0.2) is 0 Å². The summed E-state index contributed by atoms with van der Waals surface area (Å²) in [5.74, 6) is -0.534. The zero-order valence-corrected chi connectivity index (χ0v) is 12.3. The molecule has 0 aromatic carbocycles. The first kappa shape index (κ1) is 15.8. The largest absolute Gasteiger partial charge is 0.503 e. The van der Waals surface area contributed by atoms with Crippen molar-refractivity contribution in [2.75, 3.05) is 20.1 Å². The van der Waals surface area contributed by atoms with Gasteiger partial charge in [-0.05, 0) is 31.3 Å². The van der Waals surface area contributed by atoms with Crippen LogP contribution in [0.2, 0.25) is 0 Å². The molecule has 22 heavy (non-hydrogen) atoms. The van der Waals surface area contributed by atoms with Crippen LogP contribution in [0.15, 0.2) is 46.2 Å². The van der Waals surface area contributed by atoms with Crippen molar-refractivity contribution in [3.8, 4) is 11.5 Å². The van der Waals surface area contributed by atoms with Gasteiger partial charge in [-0.2, -0.15) is 0 Å². The van der Waals surface area contributed by atoms with E-state index in [9.17, 15) is 19.8 Å². The zero-order chi connectivity index (χ0) is 16.1. The van der Waals surface area contributed by atoms with E-state index in [1.165, 1.54) is 21.3 Å². The monoisotopic (exact) mass is 305 g/mol. The van der Waals surface area contributed by atoms with Crippen LogP contribution in [0.3, 0.4) is 0 Å². The molecule has 2 aromatic rings. The van der Waals surface area contributed by atoms with Gasteiger partial charge in [-0.1, -0.05) is 0 Å². The minimum atomic E-state index is -0.417. The molecule has 2 heterocycles. The second-order valence-corrected chi connectivity index (χ2v) is 5.09. The molecule has 0 fully saturated rings. The number of hydrogen-bond donors (Lipinski definition) is 2. The first-order valence-electron chi connectivity index (χ1n) is 6.94. The van der Waals surface area contributed by atoms with Crippen molar-refractivity contribution in [3.05, 3.63) is 57.4 Å². The fourth-order valence-electron chi connectivity index (χ4n) is 2.07. The number of rotatable bonds is 6. The summed E-state index contributed by atoms with van der Waals surface area (Å²) >= 11 is 0. The highest BCUT2D eigenvalue weighted by Crippen LogP contribution is 1.99. The van der Waals surface area contributed by atoms with E-state index in [1.54, 1.807) is 24.5 Å². The first-order valence-corrected chi connectivity index (χ1v) is 6.94. The van der Waals surface area contributed by atoms with Crippen molar-refractivity contribution in [1.29, 1.82) is 0 Å². The van der Waals surface area contributed by atoms with Gasteiger partial charge < -0.3 is 24.2 Å². The lowest BCUT2D eigenvalue weighted by molar-refractivity contribution is 0.300. The number of aromatic hydroxyl groups is 2.